The summed E-state index contributed by atoms with van der Waals surface area (Å²) in [6.45, 7) is 0. The first-order chi connectivity index (χ1) is 9.35. The first-order valence-electron chi connectivity index (χ1n) is 7.06. The minimum Gasteiger partial charge on any atom is -0.362 e. The number of nitrogens with zero attached hydrogens (tertiary/aromatic N) is 2. The second kappa shape index (κ2) is 4.44. The Morgan fingerprint density at radius 3 is 2.55 bits per heavy atom. The van der Waals surface area contributed by atoms with Crippen LogP contribution in [-0.2, 0) is 4.79 Å². The fraction of sp³-hybridized carbons (Fsp3) is 0.846. The molecule has 3 aliphatic rings. The van der Waals surface area contributed by atoms with E-state index in [9.17, 15) is 23.1 Å². The molecule has 0 aromatic rings. The molecular formula is C13H17F3N2O2. The maximum Gasteiger partial charge on any atom is 0.439 e. The van der Waals surface area contributed by atoms with Crippen LogP contribution in [0, 0.1) is 11.8 Å². The van der Waals surface area contributed by atoms with Gasteiger partial charge in [0.2, 0.25) is 5.91 Å². The molecule has 0 aromatic carbocycles. The van der Waals surface area contributed by atoms with Gasteiger partial charge in [0.1, 0.15) is 0 Å². The van der Waals surface area contributed by atoms with E-state index in [1.807, 2.05) is 0 Å². The van der Waals surface area contributed by atoms with Crippen LogP contribution < -0.4 is 0 Å². The third-order valence-corrected chi connectivity index (χ3v) is 4.42. The molecule has 0 unspecified atom stereocenters. The zero-order valence-corrected chi connectivity index (χ0v) is 11.0. The SMILES string of the molecule is O=C(C1CC1)N1N=C2CCCCC[C@H]2[C@]1(O)C(F)(F)F. The maximum absolute atomic E-state index is 13.4. The van der Waals surface area contributed by atoms with E-state index in [-0.39, 0.29) is 6.42 Å². The van der Waals surface area contributed by atoms with Gasteiger partial charge in [-0.2, -0.15) is 23.3 Å². The highest BCUT2D eigenvalue weighted by Gasteiger charge is 2.68. The molecule has 2 fully saturated rings. The van der Waals surface area contributed by atoms with Gasteiger partial charge in [0.15, 0.2) is 0 Å². The number of amides is 1. The topological polar surface area (TPSA) is 52.9 Å². The first kappa shape index (κ1) is 13.9. The Balaban J connectivity index is 1.99. The molecule has 0 saturated heterocycles. The van der Waals surface area contributed by atoms with Crippen molar-refractivity contribution in [2.45, 2.75) is 56.8 Å². The molecule has 2 saturated carbocycles. The number of hydrazone groups is 1. The number of hydrogen-bond acceptors (Lipinski definition) is 3. The van der Waals surface area contributed by atoms with E-state index in [1.54, 1.807) is 0 Å². The quantitative estimate of drug-likeness (QED) is 0.806. The van der Waals surface area contributed by atoms with Crippen LogP contribution >= 0.6 is 0 Å². The van der Waals surface area contributed by atoms with Crippen molar-refractivity contribution in [2.24, 2.45) is 16.9 Å². The number of rotatable bonds is 1. The minimum absolute atomic E-state index is 0.225. The second-order valence-electron chi connectivity index (χ2n) is 5.89. The lowest BCUT2D eigenvalue weighted by molar-refractivity contribution is -0.317. The van der Waals surface area contributed by atoms with Gasteiger partial charge in [-0.3, -0.25) is 4.79 Å². The fourth-order valence-corrected chi connectivity index (χ4v) is 3.12. The van der Waals surface area contributed by atoms with Crippen molar-refractivity contribution < 1.29 is 23.1 Å². The highest BCUT2D eigenvalue weighted by molar-refractivity contribution is 5.93. The average molecular weight is 290 g/mol. The lowest BCUT2D eigenvalue weighted by Crippen LogP contribution is -2.61. The number of hydrogen-bond donors (Lipinski definition) is 1. The number of carbonyl (C=O) groups excluding carboxylic acids is 1. The molecular weight excluding hydrogens is 273 g/mol. The molecule has 0 spiro atoms. The van der Waals surface area contributed by atoms with Crippen LogP contribution in [0.15, 0.2) is 5.10 Å². The van der Waals surface area contributed by atoms with Crippen LogP contribution in [-0.4, -0.2) is 33.6 Å². The normalized spacial score (nSPS) is 34.5. The largest absolute Gasteiger partial charge is 0.439 e. The van der Waals surface area contributed by atoms with E-state index < -0.39 is 29.6 Å². The van der Waals surface area contributed by atoms with Crippen LogP contribution in [0.2, 0.25) is 0 Å². The van der Waals surface area contributed by atoms with Crippen molar-refractivity contribution >= 4 is 11.6 Å². The van der Waals surface area contributed by atoms with Crippen molar-refractivity contribution in [1.82, 2.24) is 5.01 Å². The van der Waals surface area contributed by atoms with Gasteiger partial charge < -0.3 is 5.11 Å². The van der Waals surface area contributed by atoms with Crippen LogP contribution in [0.25, 0.3) is 0 Å². The smallest absolute Gasteiger partial charge is 0.362 e. The molecule has 112 valence electrons. The minimum atomic E-state index is -4.89. The number of fused-ring (bicyclic) bond motifs is 1. The van der Waals surface area contributed by atoms with E-state index in [0.717, 1.165) is 12.8 Å². The molecule has 1 heterocycles. The molecule has 0 aromatic heterocycles. The summed E-state index contributed by atoms with van der Waals surface area (Å²) in [5.41, 5.74) is -2.82. The van der Waals surface area contributed by atoms with Gasteiger partial charge in [-0.05, 0) is 32.1 Å². The Morgan fingerprint density at radius 2 is 1.95 bits per heavy atom. The zero-order valence-electron chi connectivity index (χ0n) is 11.0. The van der Waals surface area contributed by atoms with Crippen LogP contribution in [0.4, 0.5) is 13.2 Å². The van der Waals surface area contributed by atoms with Gasteiger partial charge in [-0.25, -0.2) is 0 Å². The van der Waals surface area contributed by atoms with Gasteiger partial charge in [0.05, 0.1) is 5.92 Å². The van der Waals surface area contributed by atoms with Gasteiger partial charge in [-0.1, -0.05) is 12.8 Å². The molecule has 2 aliphatic carbocycles. The van der Waals surface area contributed by atoms with Crippen LogP contribution in [0.3, 0.4) is 0 Å². The Kier molecular flexibility index (Phi) is 3.08. The summed E-state index contributed by atoms with van der Waals surface area (Å²) in [4.78, 5) is 12.1. The Bertz CT molecular complexity index is 459. The molecule has 1 amide bonds. The number of alkyl halides is 3. The predicted molar refractivity (Wildman–Crippen MR) is 64.6 cm³/mol. The second-order valence-corrected chi connectivity index (χ2v) is 5.89. The summed E-state index contributed by atoms with van der Waals surface area (Å²) in [6, 6.07) is 0. The van der Waals surface area contributed by atoms with Crippen LogP contribution in [0.1, 0.15) is 44.9 Å². The van der Waals surface area contributed by atoms with Gasteiger partial charge in [-0.15, -0.1) is 0 Å². The van der Waals surface area contributed by atoms with E-state index in [1.165, 1.54) is 0 Å². The molecule has 1 N–H and O–H groups in total. The molecule has 4 nitrogen and oxygen atoms in total. The summed E-state index contributed by atoms with van der Waals surface area (Å²) in [5, 5.41) is 14.5. The lowest BCUT2D eigenvalue weighted by atomic mass is 9.87. The highest BCUT2D eigenvalue weighted by atomic mass is 19.4. The maximum atomic E-state index is 13.4. The highest BCUT2D eigenvalue weighted by Crippen LogP contribution is 2.49. The van der Waals surface area contributed by atoms with Crippen molar-refractivity contribution in [3.8, 4) is 0 Å². The van der Waals surface area contributed by atoms with Crippen molar-refractivity contribution in [3.05, 3.63) is 0 Å². The number of carbonyl (C=O) groups is 1. The Morgan fingerprint density at radius 1 is 1.25 bits per heavy atom. The van der Waals surface area contributed by atoms with E-state index in [2.05, 4.69) is 5.10 Å². The molecule has 2 atom stereocenters. The zero-order chi connectivity index (χ0) is 14.5. The van der Waals surface area contributed by atoms with Gasteiger partial charge in [0, 0.05) is 11.6 Å². The summed E-state index contributed by atoms with van der Waals surface area (Å²) in [6.07, 6.45) is -0.863. The number of halogens is 3. The third kappa shape index (κ3) is 1.94. The predicted octanol–water partition coefficient (Wildman–Crippen LogP) is 2.43. The standard InChI is InChI=1S/C13H17F3N2O2/c14-13(15,16)12(20)9-4-2-1-3-5-10(9)17-18(12)11(19)8-6-7-8/h8-9,20H,1-7H2/t9-,12+/m1/s1. The van der Waals surface area contributed by atoms with Gasteiger partial charge in [0.25, 0.3) is 5.72 Å². The first-order valence-corrected chi connectivity index (χ1v) is 7.06. The molecule has 1 aliphatic heterocycles. The monoisotopic (exact) mass is 290 g/mol. The Labute approximate surface area is 114 Å². The fourth-order valence-electron chi connectivity index (χ4n) is 3.12. The van der Waals surface area contributed by atoms with E-state index in [4.69, 9.17) is 0 Å². The van der Waals surface area contributed by atoms with Gasteiger partial charge >= 0.3 is 6.18 Å². The molecule has 0 bridgehead atoms. The Hall–Kier alpha value is -1.11. The summed E-state index contributed by atoms with van der Waals surface area (Å²) in [7, 11) is 0. The summed E-state index contributed by atoms with van der Waals surface area (Å²) in [5.74, 6) is -2.20. The molecule has 0 radical (unpaired) electrons. The number of aliphatic hydroxyl groups is 1. The summed E-state index contributed by atoms with van der Waals surface area (Å²) < 4.78 is 40.3. The van der Waals surface area contributed by atoms with Crippen LogP contribution in [0.5, 0.6) is 0 Å². The third-order valence-electron chi connectivity index (χ3n) is 4.42. The lowest BCUT2D eigenvalue weighted by Gasteiger charge is -2.37. The molecule has 20 heavy (non-hydrogen) atoms. The van der Waals surface area contributed by atoms with E-state index in [0.29, 0.717) is 36.4 Å². The molecule has 7 heteroatoms. The summed E-state index contributed by atoms with van der Waals surface area (Å²) >= 11 is 0. The molecule has 3 rings (SSSR count). The average Bonchev–Trinajstić information content (AvgIpc) is 3.17. The van der Waals surface area contributed by atoms with Crippen molar-refractivity contribution in [1.29, 1.82) is 0 Å². The van der Waals surface area contributed by atoms with Crippen molar-refractivity contribution in [3.63, 3.8) is 0 Å². The van der Waals surface area contributed by atoms with E-state index >= 15 is 0 Å². The van der Waals surface area contributed by atoms with Crippen molar-refractivity contribution in [2.75, 3.05) is 0 Å².